The van der Waals surface area contributed by atoms with E-state index in [4.69, 9.17) is 0 Å². The lowest BCUT2D eigenvalue weighted by molar-refractivity contribution is 0.627. The fourth-order valence-corrected chi connectivity index (χ4v) is 1.61. The van der Waals surface area contributed by atoms with E-state index in [0.29, 0.717) is 11.6 Å². The average molecular weight is 207 g/mol. The van der Waals surface area contributed by atoms with Crippen molar-refractivity contribution in [1.82, 2.24) is 0 Å². The van der Waals surface area contributed by atoms with Gasteiger partial charge in [-0.15, -0.1) is 0 Å². The van der Waals surface area contributed by atoms with Gasteiger partial charge < -0.3 is 5.32 Å². The molecule has 0 heterocycles. The third-order valence-corrected chi connectivity index (χ3v) is 2.94. The van der Waals surface area contributed by atoms with Crippen LogP contribution >= 0.6 is 0 Å². The number of nitrogens with one attached hydrogen (secondary N) is 1. The molecule has 0 atom stereocenters. The quantitative estimate of drug-likeness (QED) is 0.792. The molecule has 0 spiro atoms. The number of hydrogen-bond acceptors (Lipinski definition) is 1. The van der Waals surface area contributed by atoms with Gasteiger partial charge in [-0.25, -0.2) is 4.39 Å². The van der Waals surface area contributed by atoms with E-state index in [1.54, 1.807) is 6.07 Å². The summed E-state index contributed by atoms with van der Waals surface area (Å²) in [5.74, 6) is 1.08. The summed E-state index contributed by atoms with van der Waals surface area (Å²) in [5.41, 5.74) is 1.85. The van der Waals surface area contributed by atoms with Crippen LogP contribution in [0.4, 0.5) is 10.1 Å². The van der Waals surface area contributed by atoms with Gasteiger partial charge in [-0.05, 0) is 42.4 Å². The third-order valence-electron chi connectivity index (χ3n) is 2.94. The number of halogens is 1. The zero-order valence-corrected chi connectivity index (χ0v) is 9.39. The van der Waals surface area contributed by atoms with E-state index in [9.17, 15) is 4.39 Å². The van der Waals surface area contributed by atoms with Gasteiger partial charge >= 0.3 is 0 Å². The standard InChI is InChI=1S/C13H18FN/c1-9(2)11-5-6-12(14)13(7-11)15-8-10-3-4-10/h5-7,9-10,15H,3-4,8H2,1-2H3. The second-order valence-corrected chi connectivity index (χ2v) is 4.72. The van der Waals surface area contributed by atoms with Gasteiger partial charge in [-0.1, -0.05) is 19.9 Å². The molecule has 0 bridgehead atoms. The van der Waals surface area contributed by atoms with E-state index in [0.717, 1.165) is 12.5 Å². The van der Waals surface area contributed by atoms with Crippen LogP contribution in [0.1, 0.15) is 38.2 Å². The van der Waals surface area contributed by atoms with Gasteiger partial charge in [0.25, 0.3) is 0 Å². The average Bonchev–Trinajstić information content (AvgIpc) is 3.00. The lowest BCUT2D eigenvalue weighted by atomic mass is 10.0. The summed E-state index contributed by atoms with van der Waals surface area (Å²) in [7, 11) is 0. The van der Waals surface area contributed by atoms with E-state index in [1.807, 2.05) is 12.1 Å². The van der Waals surface area contributed by atoms with E-state index >= 15 is 0 Å². The van der Waals surface area contributed by atoms with Gasteiger partial charge in [0, 0.05) is 6.54 Å². The van der Waals surface area contributed by atoms with Gasteiger partial charge in [-0.3, -0.25) is 0 Å². The predicted octanol–water partition coefficient (Wildman–Crippen LogP) is 3.77. The minimum atomic E-state index is -0.139. The number of benzene rings is 1. The van der Waals surface area contributed by atoms with Crippen molar-refractivity contribution in [2.24, 2.45) is 5.92 Å². The van der Waals surface area contributed by atoms with Gasteiger partial charge in [-0.2, -0.15) is 0 Å². The topological polar surface area (TPSA) is 12.0 Å². The maximum absolute atomic E-state index is 13.4. The van der Waals surface area contributed by atoms with Gasteiger partial charge in [0.1, 0.15) is 5.82 Å². The van der Waals surface area contributed by atoms with Crippen molar-refractivity contribution >= 4 is 5.69 Å². The largest absolute Gasteiger partial charge is 0.382 e. The first-order chi connectivity index (χ1) is 7.16. The molecule has 2 heteroatoms. The molecule has 2 rings (SSSR count). The van der Waals surface area contributed by atoms with Crippen LogP contribution in [0.2, 0.25) is 0 Å². The molecule has 1 aromatic rings. The molecule has 0 amide bonds. The Bertz CT molecular complexity index is 342. The minimum Gasteiger partial charge on any atom is -0.382 e. The van der Waals surface area contributed by atoms with E-state index in [-0.39, 0.29) is 5.82 Å². The van der Waals surface area contributed by atoms with Gasteiger partial charge in [0.2, 0.25) is 0 Å². The molecule has 15 heavy (non-hydrogen) atoms. The molecule has 82 valence electrons. The summed E-state index contributed by atoms with van der Waals surface area (Å²) in [5, 5.41) is 3.20. The van der Waals surface area contributed by atoms with Crippen LogP contribution in [0.25, 0.3) is 0 Å². The molecular weight excluding hydrogens is 189 g/mol. The highest BCUT2D eigenvalue weighted by atomic mass is 19.1. The van der Waals surface area contributed by atoms with Crippen LogP contribution in [0.15, 0.2) is 18.2 Å². The second-order valence-electron chi connectivity index (χ2n) is 4.72. The van der Waals surface area contributed by atoms with Crippen molar-refractivity contribution in [3.05, 3.63) is 29.6 Å². The zero-order chi connectivity index (χ0) is 10.8. The Morgan fingerprint density at radius 3 is 2.73 bits per heavy atom. The van der Waals surface area contributed by atoms with Crippen molar-refractivity contribution in [1.29, 1.82) is 0 Å². The Hall–Kier alpha value is -1.05. The first-order valence-corrected chi connectivity index (χ1v) is 5.70. The molecule has 1 aliphatic carbocycles. The highest BCUT2D eigenvalue weighted by Gasteiger charge is 2.21. The smallest absolute Gasteiger partial charge is 0.146 e. The summed E-state index contributed by atoms with van der Waals surface area (Å²) in [6.45, 7) is 5.16. The Labute approximate surface area is 90.7 Å². The molecule has 0 aromatic heterocycles. The highest BCUT2D eigenvalue weighted by molar-refractivity contribution is 5.48. The summed E-state index contributed by atoms with van der Waals surface area (Å²) in [4.78, 5) is 0. The van der Waals surface area contributed by atoms with Gasteiger partial charge in [0.05, 0.1) is 5.69 Å². The molecule has 1 aromatic carbocycles. The summed E-state index contributed by atoms with van der Waals surface area (Å²) in [6.07, 6.45) is 2.58. The van der Waals surface area contributed by atoms with Crippen LogP contribution < -0.4 is 5.32 Å². The summed E-state index contributed by atoms with van der Waals surface area (Å²) >= 11 is 0. The predicted molar refractivity (Wildman–Crippen MR) is 61.7 cm³/mol. The monoisotopic (exact) mass is 207 g/mol. The minimum absolute atomic E-state index is 0.139. The fourth-order valence-electron chi connectivity index (χ4n) is 1.61. The second kappa shape index (κ2) is 4.21. The molecule has 1 nitrogen and oxygen atoms in total. The molecule has 1 aliphatic rings. The van der Waals surface area contributed by atoms with E-state index in [1.165, 1.54) is 18.4 Å². The maximum Gasteiger partial charge on any atom is 0.146 e. The molecule has 0 saturated heterocycles. The van der Waals surface area contributed by atoms with Crippen molar-refractivity contribution in [3.63, 3.8) is 0 Å². The van der Waals surface area contributed by atoms with Crippen LogP contribution in [-0.2, 0) is 0 Å². The lowest BCUT2D eigenvalue weighted by Crippen LogP contribution is -2.05. The molecule has 1 fully saturated rings. The SMILES string of the molecule is CC(C)c1ccc(F)c(NCC2CC2)c1. The third kappa shape index (κ3) is 2.71. The number of anilines is 1. The first-order valence-electron chi connectivity index (χ1n) is 5.70. The fraction of sp³-hybridized carbons (Fsp3) is 0.538. The van der Waals surface area contributed by atoms with Crippen molar-refractivity contribution in [3.8, 4) is 0 Å². The Morgan fingerprint density at radius 1 is 1.40 bits per heavy atom. The Kier molecular flexibility index (Phi) is 2.94. The van der Waals surface area contributed by atoms with E-state index < -0.39 is 0 Å². The number of hydrogen-bond donors (Lipinski definition) is 1. The number of rotatable bonds is 4. The van der Waals surface area contributed by atoms with Crippen LogP contribution in [-0.4, -0.2) is 6.54 Å². The molecule has 0 aliphatic heterocycles. The summed E-state index contributed by atoms with van der Waals surface area (Å²) < 4.78 is 13.4. The molecular formula is C13H18FN. The Balaban J connectivity index is 2.08. The first kappa shape index (κ1) is 10.5. The van der Waals surface area contributed by atoms with E-state index in [2.05, 4.69) is 19.2 Å². The zero-order valence-electron chi connectivity index (χ0n) is 9.39. The Morgan fingerprint density at radius 2 is 2.13 bits per heavy atom. The highest BCUT2D eigenvalue weighted by Crippen LogP contribution is 2.30. The molecule has 0 radical (unpaired) electrons. The van der Waals surface area contributed by atoms with Crippen LogP contribution in [0.5, 0.6) is 0 Å². The summed E-state index contributed by atoms with van der Waals surface area (Å²) in [6, 6.07) is 5.36. The molecule has 1 saturated carbocycles. The normalized spacial score (nSPS) is 15.7. The lowest BCUT2D eigenvalue weighted by Gasteiger charge is -2.11. The van der Waals surface area contributed by atoms with Crippen molar-refractivity contribution in [2.45, 2.75) is 32.6 Å². The van der Waals surface area contributed by atoms with Crippen LogP contribution in [0.3, 0.4) is 0 Å². The maximum atomic E-state index is 13.4. The molecule has 0 unspecified atom stereocenters. The van der Waals surface area contributed by atoms with Crippen molar-refractivity contribution in [2.75, 3.05) is 11.9 Å². The van der Waals surface area contributed by atoms with Crippen LogP contribution in [0, 0.1) is 11.7 Å². The molecule has 1 N–H and O–H groups in total. The van der Waals surface area contributed by atoms with Gasteiger partial charge in [0.15, 0.2) is 0 Å². The van der Waals surface area contributed by atoms with Crippen molar-refractivity contribution < 1.29 is 4.39 Å².